The van der Waals surface area contributed by atoms with Crippen LogP contribution in [0.25, 0.3) is 10.9 Å². The normalized spacial score (nSPS) is 16.9. The van der Waals surface area contributed by atoms with Crippen molar-refractivity contribution in [2.45, 2.75) is 25.3 Å². The number of pyridine rings is 1. The number of nitrogens with zero attached hydrogens (tertiary/aromatic N) is 3. The van der Waals surface area contributed by atoms with Crippen LogP contribution >= 0.6 is 0 Å². The van der Waals surface area contributed by atoms with E-state index in [0.717, 1.165) is 29.4 Å². The first-order valence-electron chi connectivity index (χ1n) is 9.20. The van der Waals surface area contributed by atoms with Crippen molar-refractivity contribution in [3.8, 4) is 11.6 Å². The predicted octanol–water partition coefficient (Wildman–Crippen LogP) is 5.13. The lowest BCUT2D eigenvalue weighted by Crippen LogP contribution is -2.38. The van der Waals surface area contributed by atoms with E-state index in [2.05, 4.69) is 46.5 Å². The molecular formula is C22H21N3O. The Morgan fingerprint density at radius 1 is 0.923 bits per heavy atom. The van der Waals surface area contributed by atoms with E-state index in [1.165, 1.54) is 24.9 Å². The second kappa shape index (κ2) is 6.37. The Labute approximate surface area is 153 Å². The van der Waals surface area contributed by atoms with E-state index in [1.807, 2.05) is 36.4 Å². The van der Waals surface area contributed by atoms with Gasteiger partial charge in [0.05, 0.1) is 12.2 Å². The highest BCUT2D eigenvalue weighted by Gasteiger charge is 2.26. The molecule has 0 atom stereocenters. The van der Waals surface area contributed by atoms with E-state index in [4.69, 9.17) is 9.72 Å². The van der Waals surface area contributed by atoms with Crippen LogP contribution in [0.15, 0.2) is 73.1 Å². The third kappa shape index (κ3) is 2.88. The van der Waals surface area contributed by atoms with Crippen LogP contribution in [0.2, 0.25) is 0 Å². The fraction of sp³-hybridized carbons (Fsp3) is 0.227. The number of aromatic nitrogens is 1. The Kier molecular flexibility index (Phi) is 3.74. The summed E-state index contributed by atoms with van der Waals surface area (Å²) >= 11 is 0. The molecule has 2 aliphatic rings. The van der Waals surface area contributed by atoms with Gasteiger partial charge in [-0.25, -0.2) is 4.98 Å². The van der Waals surface area contributed by atoms with Crippen molar-refractivity contribution in [2.75, 3.05) is 11.6 Å². The summed E-state index contributed by atoms with van der Waals surface area (Å²) in [4.78, 5) is 9.42. The van der Waals surface area contributed by atoms with E-state index >= 15 is 0 Å². The summed E-state index contributed by atoms with van der Waals surface area (Å²) in [6.07, 6.45) is 8.38. The van der Waals surface area contributed by atoms with Gasteiger partial charge in [-0.3, -0.25) is 0 Å². The summed E-state index contributed by atoms with van der Waals surface area (Å²) in [7, 11) is 0. The van der Waals surface area contributed by atoms with Crippen LogP contribution in [0.5, 0.6) is 11.6 Å². The zero-order chi connectivity index (χ0) is 17.3. The largest absolute Gasteiger partial charge is 0.439 e. The molecule has 1 fully saturated rings. The molecule has 0 unspecified atom stereocenters. The van der Waals surface area contributed by atoms with Gasteiger partial charge in [0.1, 0.15) is 5.75 Å². The van der Waals surface area contributed by atoms with Gasteiger partial charge in [0.15, 0.2) is 0 Å². The van der Waals surface area contributed by atoms with E-state index in [9.17, 15) is 0 Å². The molecule has 0 N–H and O–H groups in total. The lowest BCUT2D eigenvalue weighted by molar-refractivity contribution is 0.197. The summed E-state index contributed by atoms with van der Waals surface area (Å²) in [6, 6.07) is 20.9. The lowest BCUT2D eigenvalue weighted by atomic mass is 9.92. The Balaban J connectivity index is 1.39. The average Bonchev–Trinajstić information content (AvgIpc) is 3.10. The quantitative estimate of drug-likeness (QED) is 0.656. The van der Waals surface area contributed by atoms with Crippen molar-refractivity contribution >= 4 is 16.6 Å². The third-order valence-corrected chi connectivity index (χ3v) is 5.24. The highest BCUT2D eigenvalue weighted by atomic mass is 16.5. The van der Waals surface area contributed by atoms with Gasteiger partial charge in [-0.1, -0.05) is 24.3 Å². The van der Waals surface area contributed by atoms with E-state index in [0.29, 0.717) is 5.88 Å². The van der Waals surface area contributed by atoms with Gasteiger partial charge in [0.25, 0.3) is 0 Å². The van der Waals surface area contributed by atoms with Crippen molar-refractivity contribution in [2.24, 2.45) is 0 Å². The average molecular weight is 343 g/mol. The van der Waals surface area contributed by atoms with Gasteiger partial charge >= 0.3 is 0 Å². The van der Waals surface area contributed by atoms with Crippen molar-refractivity contribution in [3.05, 3.63) is 73.1 Å². The molecule has 4 heteroatoms. The van der Waals surface area contributed by atoms with Gasteiger partial charge < -0.3 is 14.5 Å². The molecule has 0 spiro atoms. The molecule has 1 aliphatic heterocycles. The molecule has 0 saturated heterocycles. The number of para-hydroxylation sites is 1. The fourth-order valence-corrected chi connectivity index (χ4v) is 3.49. The van der Waals surface area contributed by atoms with Crippen LogP contribution in [-0.4, -0.2) is 22.6 Å². The molecule has 1 saturated carbocycles. The van der Waals surface area contributed by atoms with Crippen LogP contribution in [-0.2, 0) is 0 Å². The third-order valence-electron chi connectivity index (χ3n) is 5.24. The molecule has 2 aromatic carbocycles. The minimum Gasteiger partial charge on any atom is -0.439 e. The molecule has 130 valence electrons. The molecule has 3 aromatic rings. The van der Waals surface area contributed by atoms with Gasteiger partial charge in [-0.15, -0.1) is 0 Å². The Hall–Kier alpha value is -3.01. The number of hydrogen-bond donors (Lipinski definition) is 0. The number of rotatable bonds is 4. The number of anilines is 1. The number of ether oxygens (including phenoxy) is 1. The molecular weight excluding hydrogens is 322 g/mol. The zero-order valence-corrected chi connectivity index (χ0v) is 14.6. The highest BCUT2D eigenvalue weighted by molar-refractivity contribution is 5.83. The van der Waals surface area contributed by atoms with Crippen molar-refractivity contribution in [3.63, 3.8) is 0 Å². The summed E-state index contributed by atoms with van der Waals surface area (Å²) in [6.45, 7) is 0.927. The summed E-state index contributed by atoms with van der Waals surface area (Å²) in [5.74, 6) is 1.42. The second-order valence-electron chi connectivity index (χ2n) is 6.95. The minimum absolute atomic E-state index is 0.619. The molecule has 0 bridgehead atoms. The van der Waals surface area contributed by atoms with Crippen molar-refractivity contribution < 1.29 is 4.74 Å². The molecule has 2 heterocycles. The van der Waals surface area contributed by atoms with Crippen LogP contribution < -0.4 is 9.64 Å². The summed E-state index contributed by atoms with van der Waals surface area (Å²) in [5, 5.41) is 1.12. The smallest absolute Gasteiger partial charge is 0.219 e. The second-order valence-corrected chi connectivity index (χ2v) is 6.95. The first-order chi connectivity index (χ1) is 12.8. The molecule has 1 aliphatic carbocycles. The van der Waals surface area contributed by atoms with E-state index in [-0.39, 0.29) is 0 Å². The van der Waals surface area contributed by atoms with Crippen LogP contribution in [0, 0.1) is 0 Å². The predicted molar refractivity (Wildman–Crippen MR) is 104 cm³/mol. The van der Waals surface area contributed by atoms with E-state index < -0.39 is 0 Å². The van der Waals surface area contributed by atoms with Gasteiger partial charge in [0, 0.05) is 35.6 Å². The minimum atomic E-state index is 0.619. The van der Waals surface area contributed by atoms with Crippen LogP contribution in [0.4, 0.5) is 5.69 Å². The maximum atomic E-state index is 5.88. The lowest BCUT2D eigenvalue weighted by Gasteiger charge is -2.35. The first kappa shape index (κ1) is 15.3. The topological polar surface area (TPSA) is 28.6 Å². The zero-order valence-electron chi connectivity index (χ0n) is 14.6. The standard InChI is InChI=1S/C22H21N3O/c1-2-7-20(8-3-1)26-22-12-10-17-9-11-19(15-21(17)23-22)25-14-13-24(16-25)18-5-4-6-18/h1-3,7-15,18H,4-6,16H2. The highest BCUT2D eigenvalue weighted by Crippen LogP contribution is 2.31. The van der Waals surface area contributed by atoms with Crippen LogP contribution in [0.3, 0.4) is 0 Å². The molecule has 0 amide bonds. The fourth-order valence-electron chi connectivity index (χ4n) is 3.49. The molecule has 0 radical (unpaired) electrons. The van der Waals surface area contributed by atoms with Crippen molar-refractivity contribution in [1.82, 2.24) is 9.88 Å². The maximum Gasteiger partial charge on any atom is 0.219 e. The Morgan fingerprint density at radius 2 is 1.77 bits per heavy atom. The van der Waals surface area contributed by atoms with Crippen molar-refractivity contribution in [1.29, 1.82) is 0 Å². The van der Waals surface area contributed by atoms with Gasteiger partial charge in [0.2, 0.25) is 5.88 Å². The number of fused-ring (bicyclic) bond motifs is 1. The van der Waals surface area contributed by atoms with E-state index in [1.54, 1.807) is 0 Å². The maximum absolute atomic E-state index is 5.88. The Bertz CT molecular complexity index is 950. The molecule has 5 rings (SSSR count). The Morgan fingerprint density at radius 3 is 2.58 bits per heavy atom. The SMILES string of the molecule is C1=CN(C2CCC2)CN1c1ccc2ccc(Oc3ccccc3)nc2c1. The molecule has 26 heavy (non-hydrogen) atoms. The monoisotopic (exact) mass is 343 g/mol. The first-order valence-corrected chi connectivity index (χ1v) is 9.20. The van der Waals surface area contributed by atoms with Crippen LogP contribution in [0.1, 0.15) is 19.3 Å². The molecule has 4 nitrogen and oxygen atoms in total. The number of benzene rings is 2. The summed E-state index contributed by atoms with van der Waals surface area (Å²) in [5.41, 5.74) is 2.12. The molecule has 1 aromatic heterocycles. The van der Waals surface area contributed by atoms with Gasteiger partial charge in [-0.2, -0.15) is 0 Å². The number of hydrogen-bond acceptors (Lipinski definition) is 4. The van der Waals surface area contributed by atoms with Gasteiger partial charge in [-0.05, 0) is 49.6 Å². The summed E-state index contributed by atoms with van der Waals surface area (Å²) < 4.78 is 5.88.